The van der Waals surface area contributed by atoms with E-state index in [4.69, 9.17) is 4.74 Å². The van der Waals surface area contributed by atoms with Crippen molar-refractivity contribution in [1.82, 2.24) is 10.9 Å². The Kier molecular flexibility index (Phi) is 7.81. The van der Waals surface area contributed by atoms with Crippen molar-refractivity contribution in [3.05, 3.63) is 66.0 Å². The van der Waals surface area contributed by atoms with Crippen LogP contribution in [-0.2, 0) is 14.3 Å². The number of hydrazine groups is 1. The van der Waals surface area contributed by atoms with E-state index in [-0.39, 0.29) is 12.2 Å². The Bertz CT molecular complexity index is 784. The van der Waals surface area contributed by atoms with Crippen molar-refractivity contribution >= 4 is 29.5 Å². The zero-order valence-corrected chi connectivity index (χ0v) is 15.4. The van der Waals surface area contributed by atoms with E-state index >= 15 is 0 Å². The van der Waals surface area contributed by atoms with E-state index in [9.17, 15) is 18.8 Å². The number of hydrogen-bond acceptors (Lipinski definition) is 5. The molecule has 0 aliphatic heterocycles. The van der Waals surface area contributed by atoms with Crippen LogP contribution in [0, 0.1) is 5.82 Å². The minimum Gasteiger partial charge on any atom is -0.452 e. The second-order valence-electron chi connectivity index (χ2n) is 5.49. The van der Waals surface area contributed by atoms with Crippen molar-refractivity contribution in [3.8, 4) is 0 Å². The van der Waals surface area contributed by atoms with Crippen LogP contribution in [0.15, 0.2) is 59.5 Å². The molecule has 0 saturated heterocycles. The maximum absolute atomic E-state index is 12.8. The van der Waals surface area contributed by atoms with Crippen LogP contribution in [0.25, 0.3) is 0 Å². The molecule has 6 nitrogen and oxygen atoms in total. The Labute approximate surface area is 160 Å². The van der Waals surface area contributed by atoms with Gasteiger partial charge >= 0.3 is 5.97 Å². The molecule has 0 unspecified atom stereocenters. The highest BCUT2D eigenvalue weighted by molar-refractivity contribution is 7.99. The molecule has 142 valence electrons. The average molecular weight is 390 g/mol. The first-order chi connectivity index (χ1) is 13.0. The van der Waals surface area contributed by atoms with Crippen molar-refractivity contribution in [3.63, 3.8) is 0 Å². The van der Waals surface area contributed by atoms with Crippen molar-refractivity contribution in [2.45, 2.75) is 24.3 Å². The van der Waals surface area contributed by atoms with Crippen LogP contribution in [0.4, 0.5) is 4.39 Å². The Hall–Kier alpha value is -2.87. The highest BCUT2D eigenvalue weighted by atomic mass is 32.2. The first kappa shape index (κ1) is 20.4. The van der Waals surface area contributed by atoms with Crippen LogP contribution >= 0.6 is 11.8 Å². The minimum absolute atomic E-state index is 0.0933. The van der Waals surface area contributed by atoms with E-state index < -0.39 is 23.9 Å². The molecule has 0 aromatic heterocycles. The molecule has 0 bridgehead atoms. The van der Waals surface area contributed by atoms with Crippen LogP contribution < -0.4 is 10.9 Å². The summed E-state index contributed by atoms with van der Waals surface area (Å²) in [5, 5.41) is 0. The van der Waals surface area contributed by atoms with Gasteiger partial charge in [0.2, 0.25) is 0 Å². The van der Waals surface area contributed by atoms with Gasteiger partial charge in [-0.15, -0.1) is 11.8 Å². The molecule has 2 amide bonds. The van der Waals surface area contributed by atoms with Crippen LogP contribution in [-0.4, -0.2) is 29.6 Å². The zero-order chi connectivity index (χ0) is 19.6. The van der Waals surface area contributed by atoms with Gasteiger partial charge in [0, 0.05) is 16.2 Å². The average Bonchev–Trinajstić information content (AvgIpc) is 2.68. The number of ether oxygens (including phenoxy) is 1. The maximum Gasteiger partial charge on any atom is 0.307 e. The first-order valence-corrected chi connectivity index (χ1v) is 9.17. The number of benzene rings is 2. The van der Waals surface area contributed by atoms with Crippen LogP contribution in [0.1, 0.15) is 23.7 Å². The predicted molar refractivity (Wildman–Crippen MR) is 99.3 cm³/mol. The normalized spacial score (nSPS) is 11.3. The fourth-order valence-corrected chi connectivity index (χ4v) is 2.81. The van der Waals surface area contributed by atoms with Gasteiger partial charge in [-0.25, -0.2) is 4.39 Å². The molecular weight excluding hydrogens is 371 g/mol. The second-order valence-corrected chi connectivity index (χ2v) is 6.66. The molecule has 0 radical (unpaired) electrons. The molecule has 8 heteroatoms. The van der Waals surface area contributed by atoms with Gasteiger partial charge in [0.1, 0.15) is 5.82 Å². The molecule has 0 saturated carbocycles. The SMILES string of the molecule is C[C@@H](OC(=O)CCSc1ccc(F)cc1)C(=O)NNC(=O)c1ccccc1. The summed E-state index contributed by atoms with van der Waals surface area (Å²) < 4.78 is 17.8. The highest BCUT2D eigenvalue weighted by Crippen LogP contribution is 2.19. The summed E-state index contributed by atoms with van der Waals surface area (Å²) in [7, 11) is 0. The number of amides is 2. The van der Waals surface area contributed by atoms with Gasteiger partial charge in [-0.2, -0.15) is 0 Å². The van der Waals surface area contributed by atoms with E-state index in [0.717, 1.165) is 4.90 Å². The molecule has 2 aromatic rings. The quantitative estimate of drug-likeness (QED) is 0.431. The van der Waals surface area contributed by atoms with E-state index in [0.29, 0.717) is 11.3 Å². The molecular formula is C19H19FN2O4S. The third-order valence-electron chi connectivity index (χ3n) is 3.40. The van der Waals surface area contributed by atoms with Crippen molar-refractivity contribution in [2.75, 3.05) is 5.75 Å². The number of carbonyl (C=O) groups excluding carboxylic acids is 3. The van der Waals surface area contributed by atoms with Gasteiger partial charge in [-0.3, -0.25) is 25.2 Å². The number of nitrogens with one attached hydrogen (secondary N) is 2. The van der Waals surface area contributed by atoms with Crippen molar-refractivity contribution in [2.24, 2.45) is 0 Å². The predicted octanol–water partition coefficient (Wildman–Crippen LogP) is 2.70. The number of rotatable bonds is 7. The summed E-state index contributed by atoms with van der Waals surface area (Å²) in [6, 6.07) is 14.3. The Morgan fingerprint density at radius 1 is 1.04 bits per heavy atom. The lowest BCUT2D eigenvalue weighted by atomic mass is 10.2. The summed E-state index contributed by atoms with van der Waals surface area (Å²) in [4.78, 5) is 36.4. The van der Waals surface area contributed by atoms with Crippen LogP contribution in [0.2, 0.25) is 0 Å². The number of esters is 1. The van der Waals surface area contributed by atoms with Crippen LogP contribution in [0.5, 0.6) is 0 Å². The molecule has 27 heavy (non-hydrogen) atoms. The summed E-state index contributed by atoms with van der Waals surface area (Å²) in [6.45, 7) is 1.41. The molecule has 0 fully saturated rings. The summed E-state index contributed by atoms with van der Waals surface area (Å²) in [5.74, 6) is -1.54. The van der Waals surface area contributed by atoms with Crippen LogP contribution in [0.3, 0.4) is 0 Å². The van der Waals surface area contributed by atoms with Gasteiger partial charge < -0.3 is 4.74 Å². The van der Waals surface area contributed by atoms with Gasteiger partial charge in [0.25, 0.3) is 11.8 Å². The molecule has 2 N–H and O–H groups in total. The lowest BCUT2D eigenvalue weighted by Crippen LogP contribution is -2.46. The van der Waals surface area contributed by atoms with Gasteiger partial charge in [0.15, 0.2) is 6.10 Å². The third kappa shape index (κ3) is 7.10. The fourth-order valence-electron chi connectivity index (χ4n) is 1.97. The van der Waals surface area contributed by atoms with Gasteiger partial charge in [0.05, 0.1) is 6.42 Å². The Morgan fingerprint density at radius 2 is 1.70 bits per heavy atom. The van der Waals surface area contributed by atoms with E-state index in [1.165, 1.54) is 30.8 Å². The van der Waals surface area contributed by atoms with E-state index in [1.807, 2.05) is 0 Å². The molecule has 0 aliphatic carbocycles. The smallest absolute Gasteiger partial charge is 0.307 e. The van der Waals surface area contributed by atoms with Gasteiger partial charge in [-0.1, -0.05) is 18.2 Å². The Morgan fingerprint density at radius 3 is 2.37 bits per heavy atom. The molecule has 0 aliphatic rings. The number of hydrogen-bond donors (Lipinski definition) is 2. The maximum atomic E-state index is 12.8. The highest BCUT2D eigenvalue weighted by Gasteiger charge is 2.18. The monoisotopic (exact) mass is 390 g/mol. The van der Waals surface area contributed by atoms with E-state index in [2.05, 4.69) is 10.9 Å². The van der Waals surface area contributed by atoms with Crippen molar-refractivity contribution in [1.29, 1.82) is 0 Å². The lowest BCUT2D eigenvalue weighted by molar-refractivity contribution is -0.154. The largest absolute Gasteiger partial charge is 0.452 e. The number of halogens is 1. The molecule has 2 rings (SSSR count). The number of thioether (sulfide) groups is 1. The fraction of sp³-hybridized carbons (Fsp3) is 0.211. The van der Waals surface area contributed by atoms with Crippen molar-refractivity contribution < 1.29 is 23.5 Å². The van der Waals surface area contributed by atoms with E-state index in [1.54, 1.807) is 42.5 Å². The summed E-state index contributed by atoms with van der Waals surface area (Å²) in [5.41, 5.74) is 4.86. The first-order valence-electron chi connectivity index (χ1n) is 8.19. The van der Waals surface area contributed by atoms with Gasteiger partial charge in [-0.05, 0) is 43.3 Å². The lowest BCUT2D eigenvalue weighted by Gasteiger charge is -2.14. The topological polar surface area (TPSA) is 84.5 Å². The summed E-state index contributed by atoms with van der Waals surface area (Å²) >= 11 is 1.38. The second kappa shape index (κ2) is 10.3. The number of carbonyl (C=O) groups is 3. The zero-order valence-electron chi connectivity index (χ0n) is 14.6. The third-order valence-corrected chi connectivity index (χ3v) is 4.41. The summed E-state index contributed by atoms with van der Waals surface area (Å²) in [6.07, 6.45) is -0.958. The molecule has 0 heterocycles. The minimum atomic E-state index is -1.05. The molecule has 1 atom stereocenters. The Balaban J connectivity index is 1.67. The molecule has 2 aromatic carbocycles. The standard InChI is InChI=1S/C19H19FN2O4S/c1-13(18(24)21-22-19(25)14-5-3-2-4-6-14)26-17(23)11-12-27-16-9-7-15(20)8-10-16/h2-10,13H,11-12H2,1H3,(H,21,24)(H,22,25)/t13-/m1/s1. The molecule has 0 spiro atoms.